The second kappa shape index (κ2) is 2.97. The maximum Gasteiger partial charge on any atom is 0.120 e. The van der Waals surface area contributed by atoms with Gasteiger partial charge in [-0.1, -0.05) is 12.1 Å². The Labute approximate surface area is 88.7 Å². The van der Waals surface area contributed by atoms with E-state index in [1.807, 2.05) is 6.07 Å². The third-order valence-electron chi connectivity index (χ3n) is 3.72. The molecule has 0 amide bonds. The lowest BCUT2D eigenvalue weighted by atomic mass is 9.89. The number of phenols is 1. The lowest BCUT2D eigenvalue weighted by molar-refractivity contribution is 0.139. The number of fused-ring (bicyclic) bond motifs is 2. The number of benzene rings is 1. The molecule has 1 aromatic rings. The Hall–Kier alpha value is -1.06. The summed E-state index contributed by atoms with van der Waals surface area (Å²) < 4.78 is 0. The molecule has 1 unspecified atom stereocenters. The summed E-state index contributed by atoms with van der Waals surface area (Å²) in [6.45, 7) is 0. The molecule has 1 aromatic carbocycles. The van der Waals surface area contributed by atoms with E-state index in [-0.39, 0.29) is 5.54 Å². The summed E-state index contributed by atoms with van der Waals surface area (Å²) in [7, 11) is 0. The molecule has 80 valence electrons. The predicted molar refractivity (Wildman–Crippen MR) is 56.5 cm³/mol. The highest BCUT2D eigenvalue weighted by molar-refractivity contribution is 5.48. The van der Waals surface area contributed by atoms with Crippen LogP contribution in [-0.2, 0) is 12.0 Å². The normalized spacial score (nSPS) is 33.5. The molecule has 0 bridgehead atoms. The van der Waals surface area contributed by atoms with E-state index in [0.717, 1.165) is 31.2 Å². The third kappa shape index (κ3) is 1.20. The number of aryl methyl sites for hydroxylation is 1. The quantitative estimate of drug-likeness (QED) is 0.597. The molecule has 3 nitrogen and oxygen atoms in total. The van der Waals surface area contributed by atoms with Crippen LogP contribution in [0.15, 0.2) is 18.2 Å². The van der Waals surface area contributed by atoms with E-state index in [1.54, 1.807) is 6.07 Å². The molecule has 0 saturated carbocycles. The summed E-state index contributed by atoms with van der Waals surface area (Å²) in [5.74, 6) is 0.367. The number of aliphatic hydroxyl groups excluding tert-OH is 1. The monoisotopic (exact) mass is 205 g/mol. The highest BCUT2D eigenvalue weighted by Gasteiger charge is 2.45. The van der Waals surface area contributed by atoms with Gasteiger partial charge >= 0.3 is 0 Å². The Morgan fingerprint density at radius 2 is 2.20 bits per heavy atom. The zero-order valence-electron chi connectivity index (χ0n) is 8.53. The van der Waals surface area contributed by atoms with Crippen LogP contribution in [0.3, 0.4) is 0 Å². The van der Waals surface area contributed by atoms with Gasteiger partial charge in [-0.25, -0.2) is 0 Å². The maximum absolute atomic E-state index is 9.92. The largest absolute Gasteiger partial charge is 0.508 e. The molecule has 2 atom stereocenters. The van der Waals surface area contributed by atoms with Crippen LogP contribution in [0.1, 0.15) is 30.4 Å². The van der Waals surface area contributed by atoms with Gasteiger partial charge in [0.15, 0.2) is 0 Å². The van der Waals surface area contributed by atoms with Crippen LogP contribution >= 0.6 is 0 Å². The van der Waals surface area contributed by atoms with Gasteiger partial charge in [-0.15, -0.1) is 0 Å². The third-order valence-corrected chi connectivity index (χ3v) is 3.72. The van der Waals surface area contributed by atoms with E-state index < -0.39 is 6.23 Å². The molecule has 1 aliphatic carbocycles. The van der Waals surface area contributed by atoms with Gasteiger partial charge < -0.3 is 10.2 Å². The van der Waals surface area contributed by atoms with Gasteiger partial charge in [0.05, 0.1) is 0 Å². The molecule has 1 fully saturated rings. The smallest absolute Gasteiger partial charge is 0.120 e. The van der Waals surface area contributed by atoms with E-state index in [0.29, 0.717) is 5.75 Å². The molecular weight excluding hydrogens is 190 g/mol. The van der Waals surface area contributed by atoms with Gasteiger partial charge in [-0.3, -0.25) is 5.32 Å². The standard InChI is InChI=1S/C12H15NO2/c14-9-3-1-2-8-4-6-12(11(8)9)7-5-10(15)13-12/h1-3,10,13-15H,4-7H2/t10?,12-/m0/s1. The number of nitrogens with one attached hydrogen (secondary N) is 1. The maximum atomic E-state index is 9.92. The fourth-order valence-corrected chi connectivity index (χ4v) is 3.06. The molecule has 1 aliphatic heterocycles. The molecule has 1 saturated heterocycles. The van der Waals surface area contributed by atoms with E-state index in [9.17, 15) is 10.2 Å². The van der Waals surface area contributed by atoms with Gasteiger partial charge in [0.25, 0.3) is 0 Å². The molecule has 0 radical (unpaired) electrons. The van der Waals surface area contributed by atoms with Crippen LogP contribution in [0.5, 0.6) is 5.75 Å². The van der Waals surface area contributed by atoms with Gasteiger partial charge in [0.1, 0.15) is 12.0 Å². The van der Waals surface area contributed by atoms with Crippen molar-refractivity contribution in [1.29, 1.82) is 0 Å². The zero-order chi connectivity index (χ0) is 10.5. The Bertz CT molecular complexity index is 401. The van der Waals surface area contributed by atoms with Crippen LogP contribution in [-0.4, -0.2) is 16.4 Å². The van der Waals surface area contributed by atoms with E-state index in [2.05, 4.69) is 11.4 Å². The molecule has 3 N–H and O–H groups in total. The van der Waals surface area contributed by atoms with E-state index >= 15 is 0 Å². The number of aliphatic hydroxyl groups is 1. The van der Waals surface area contributed by atoms with Crippen LogP contribution in [0.2, 0.25) is 0 Å². The summed E-state index contributed by atoms with van der Waals surface area (Å²) in [6, 6.07) is 5.69. The van der Waals surface area contributed by atoms with Crippen molar-refractivity contribution in [2.75, 3.05) is 0 Å². The zero-order valence-corrected chi connectivity index (χ0v) is 8.53. The summed E-state index contributed by atoms with van der Waals surface area (Å²) in [6.07, 6.45) is 3.24. The molecule has 3 rings (SSSR count). The van der Waals surface area contributed by atoms with Gasteiger partial charge in [0, 0.05) is 11.1 Å². The van der Waals surface area contributed by atoms with Crippen LogP contribution < -0.4 is 5.32 Å². The van der Waals surface area contributed by atoms with Crippen molar-refractivity contribution in [2.24, 2.45) is 0 Å². The van der Waals surface area contributed by atoms with E-state index in [1.165, 1.54) is 5.56 Å². The van der Waals surface area contributed by atoms with Crippen molar-refractivity contribution in [2.45, 2.75) is 37.5 Å². The van der Waals surface area contributed by atoms with Crippen LogP contribution in [0.4, 0.5) is 0 Å². The van der Waals surface area contributed by atoms with Crippen LogP contribution in [0, 0.1) is 0 Å². The van der Waals surface area contributed by atoms with Crippen molar-refractivity contribution >= 4 is 0 Å². The SMILES string of the molecule is Oc1cccc2c1[C@]1(CC2)CCC(O)N1. The second-order valence-corrected chi connectivity index (χ2v) is 4.59. The summed E-state index contributed by atoms with van der Waals surface area (Å²) in [5.41, 5.74) is 2.07. The number of hydrogen-bond acceptors (Lipinski definition) is 3. The number of phenolic OH excluding ortho intramolecular Hbond substituents is 1. The first kappa shape index (κ1) is 9.19. The minimum absolute atomic E-state index is 0.167. The summed E-state index contributed by atoms with van der Waals surface area (Å²) >= 11 is 0. The lowest BCUT2D eigenvalue weighted by Crippen LogP contribution is -2.38. The Morgan fingerprint density at radius 1 is 1.33 bits per heavy atom. The molecule has 1 spiro atoms. The number of aromatic hydroxyl groups is 1. The average Bonchev–Trinajstić information content (AvgIpc) is 2.74. The van der Waals surface area contributed by atoms with Crippen molar-refractivity contribution in [3.63, 3.8) is 0 Å². The Kier molecular flexibility index (Phi) is 1.82. The summed E-state index contributed by atoms with van der Waals surface area (Å²) in [5, 5.41) is 22.7. The highest BCUT2D eigenvalue weighted by Crippen LogP contribution is 2.47. The molecule has 2 aliphatic rings. The van der Waals surface area contributed by atoms with Gasteiger partial charge in [-0.05, 0) is 37.3 Å². The molecule has 3 heteroatoms. The van der Waals surface area contributed by atoms with Crippen LogP contribution in [0.25, 0.3) is 0 Å². The van der Waals surface area contributed by atoms with Crippen molar-refractivity contribution < 1.29 is 10.2 Å². The number of rotatable bonds is 0. The van der Waals surface area contributed by atoms with Gasteiger partial charge in [0.2, 0.25) is 0 Å². The molecule has 15 heavy (non-hydrogen) atoms. The first-order chi connectivity index (χ1) is 7.21. The molecule has 1 heterocycles. The lowest BCUT2D eigenvalue weighted by Gasteiger charge is -2.26. The molecular formula is C12H15NO2. The fourth-order valence-electron chi connectivity index (χ4n) is 3.06. The Morgan fingerprint density at radius 3 is 2.93 bits per heavy atom. The van der Waals surface area contributed by atoms with Crippen molar-refractivity contribution in [3.8, 4) is 5.75 Å². The predicted octanol–water partition coefficient (Wildman–Crippen LogP) is 1.24. The average molecular weight is 205 g/mol. The fraction of sp³-hybridized carbons (Fsp3) is 0.500. The van der Waals surface area contributed by atoms with Gasteiger partial charge in [-0.2, -0.15) is 0 Å². The first-order valence-corrected chi connectivity index (χ1v) is 5.48. The van der Waals surface area contributed by atoms with E-state index in [4.69, 9.17) is 0 Å². The highest BCUT2D eigenvalue weighted by atomic mass is 16.3. The minimum Gasteiger partial charge on any atom is -0.508 e. The van der Waals surface area contributed by atoms with Crippen molar-refractivity contribution in [3.05, 3.63) is 29.3 Å². The second-order valence-electron chi connectivity index (χ2n) is 4.59. The topological polar surface area (TPSA) is 52.5 Å². The van der Waals surface area contributed by atoms with Crippen molar-refractivity contribution in [1.82, 2.24) is 5.32 Å². The first-order valence-electron chi connectivity index (χ1n) is 5.48. The Balaban J connectivity index is 2.11. The summed E-state index contributed by atoms with van der Waals surface area (Å²) in [4.78, 5) is 0. The minimum atomic E-state index is -0.421. The number of hydrogen-bond donors (Lipinski definition) is 3. The molecule has 0 aromatic heterocycles.